The van der Waals surface area contributed by atoms with Crippen LogP contribution in [0.15, 0.2) is 24.3 Å². The van der Waals surface area contributed by atoms with Gasteiger partial charge in [-0.25, -0.2) is 0 Å². The van der Waals surface area contributed by atoms with Crippen molar-refractivity contribution in [2.24, 2.45) is 11.8 Å². The van der Waals surface area contributed by atoms with Crippen LogP contribution in [-0.4, -0.2) is 28.4 Å². The monoisotopic (exact) mass is 275 g/mol. The SMILES string of the molecule is CC(C)C1CC(=O)N(Cc2ccccc2CC(=O)O)C1. The molecule has 108 valence electrons. The van der Waals surface area contributed by atoms with E-state index in [2.05, 4.69) is 13.8 Å². The number of hydrogen-bond acceptors (Lipinski definition) is 2. The minimum absolute atomic E-state index is 0.00577. The van der Waals surface area contributed by atoms with Gasteiger partial charge in [0.25, 0.3) is 0 Å². The Hall–Kier alpha value is -1.84. The fourth-order valence-electron chi connectivity index (χ4n) is 2.65. The number of amides is 1. The fourth-order valence-corrected chi connectivity index (χ4v) is 2.65. The first kappa shape index (κ1) is 14.6. The number of rotatable bonds is 5. The molecule has 1 unspecified atom stereocenters. The van der Waals surface area contributed by atoms with Crippen molar-refractivity contribution in [1.29, 1.82) is 0 Å². The van der Waals surface area contributed by atoms with Gasteiger partial charge in [-0.3, -0.25) is 9.59 Å². The van der Waals surface area contributed by atoms with Gasteiger partial charge in [-0.2, -0.15) is 0 Å². The third-order valence-corrected chi connectivity index (χ3v) is 4.01. The first-order chi connectivity index (χ1) is 9.47. The van der Waals surface area contributed by atoms with Crippen LogP contribution in [0.2, 0.25) is 0 Å². The average Bonchev–Trinajstić information content (AvgIpc) is 2.73. The predicted octanol–water partition coefficient (Wildman–Crippen LogP) is 2.32. The summed E-state index contributed by atoms with van der Waals surface area (Å²) in [5, 5.41) is 8.94. The predicted molar refractivity (Wildman–Crippen MR) is 76.1 cm³/mol. The molecule has 4 heteroatoms. The summed E-state index contributed by atoms with van der Waals surface area (Å²) in [5.74, 6) is 0.242. The molecule has 0 bridgehead atoms. The zero-order valence-corrected chi connectivity index (χ0v) is 12.0. The van der Waals surface area contributed by atoms with Gasteiger partial charge >= 0.3 is 5.97 Å². The Morgan fingerprint density at radius 3 is 2.55 bits per heavy atom. The van der Waals surface area contributed by atoms with E-state index >= 15 is 0 Å². The van der Waals surface area contributed by atoms with Crippen molar-refractivity contribution in [1.82, 2.24) is 4.90 Å². The zero-order valence-electron chi connectivity index (χ0n) is 12.0. The van der Waals surface area contributed by atoms with Crippen LogP contribution in [0.1, 0.15) is 31.4 Å². The van der Waals surface area contributed by atoms with Gasteiger partial charge in [0.2, 0.25) is 5.91 Å². The summed E-state index contributed by atoms with van der Waals surface area (Å²) >= 11 is 0. The Morgan fingerprint density at radius 2 is 2.00 bits per heavy atom. The molecule has 1 N–H and O–H groups in total. The number of likely N-dealkylation sites (tertiary alicyclic amines) is 1. The highest BCUT2D eigenvalue weighted by atomic mass is 16.4. The molecular weight excluding hydrogens is 254 g/mol. The number of carboxylic acids is 1. The number of benzene rings is 1. The molecule has 1 saturated heterocycles. The number of carbonyl (C=O) groups excluding carboxylic acids is 1. The summed E-state index contributed by atoms with van der Waals surface area (Å²) in [4.78, 5) is 24.8. The third-order valence-electron chi connectivity index (χ3n) is 4.01. The maximum atomic E-state index is 12.0. The van der Waals surface area contributed by atoms with Crippen LogP contribution in [0.3, 0.4) is 0 Å². The lowest BCUT2D eigenvalue weighted by molar-refractivity contribution is -0.136. The second-order valence-corrected chi connectivity index (χ2v) is 5.82. The lowest BCUT2D eigenvalue weighted by Gasteiger charge is -2.19. The summed E-state index contributed by atoms with van der Waals surface area (Å²) in [5.41, 5.74) is 1.73. The quantitative estimate of drug-likeness (QED) is 0.897. The molecule has 0 radical (unpaired) electrons. The van der Waals surface area contributed by atoms with Crippen molar-refractivity contribution in [3.8, 4) is 0 Å². The number of carboxylic acid groups (broad SMARTS) is 1. The summed E-state index contributed by atoms with van der Waals surface area (Å²) in [6.45, 7) is 5.57. The van der Waals surface area contributed by atoms with E-state index in [1.54, 1.807) is 0 Å². The first-order valence-electron chi connectivity index (χ1n) is 7.03. The van der Waals surface area contributed by atoms with Gasteiger partial charge in [0.1, 0.15) is 0 Å². The molecule has 0 spiro atoms. The van der Waals surface area contributed by atoms with E-state index in [9.17, 15) is 9.59 Å². The van der Waals surface area contributed by atoms with E-state index < -0.39 is 5.97 Å². The highest BCUT2D eigenvalue weighted by Gasteiger charge is 2.31. The van der Waals surface area contributed by atoms with Crippen molar-refractivity contribution in [2.45, 2.75) is 33.2 Å². The van der Waals surface area contributed by atoms with E-state index in [0.717, 1.165) is 17.7 Å². The Labute approximate surface area is 119 Å². The smallest absolute Gasteiger partial charge is 0.307 e. The van der Waals surface area contributed by atoms with Gasteiger partial charge in [0, 0.05) is 19.5 Å². The lowest BCUT2D eigenvalue weighted by atomic mass is 9.95. The average molecular weight is 275 g/mol. The number of carbonyl (C=O) groups is 2. The maximum absolute atomic E-state index is 12.0. The van der Waals surface area contributed by atoms with Crippen LogP contribution < -0.4 is 0 Å². The molecular formula is C16H21NO3. The molecule has 1 aromatic rings. The van der Waals surface area contributed by atoms with E-state index in [-0.39, 0.29) is 12.3 Å². The van der Waals surface area contributed by atoms with E-state index in [0.29, 0.717) is 24.8 Å². The second-order valence-electron chi connectivity index (χ2n) is 5.82. The van der Waals surface area contributed by atoms with Crippen LogP contribution >= 0.6 is 0 Å². The number of aliphatic carboxylic acids is 1. The topological polar surface area (TPSA) is 57.6 Å². The Bertz CT molecular complexity index is 510. The fraction of sp³-hybridized carbons (Fsp3) is 0.500. The van der Waals surface area contributed by atoms with Crippen LogP contribution in [0.4, 0.5) is 0 Å². The summed E-state index contributed by atoms with van der Waals surface area (Å²) in [7, 11) is 0. The molecule has 4 nitrogen and oxygen atoms in total. The standard InChI is InChI=1S/C16H21NO3/c1-11(2)14-7-15(18)17(10-14)9-13-6-4-3-5-12(13)8-16(19)20/h3-6,11,14H,7-10H2,1-2H3,(H,19,20). The van der Waals surface area contributed by atoms with Gasteiger partial charge < -0.3 is 10.0 Å². The van der Waals surface area contributed by atoms with Crippen molar-refractivity contribution in [3.63, 3.8) is 0 Å². The minimum atomic E-state index is -0.842. The highest BCUT2D eigenvalue weighted by Crippen LogP contribution is 2.26. The Kier molecular flexibility index (Phi) is 4.42. The van der Waals surface area contributed by atoms with Gasteiger partial charge in [-0.15, -0.1) is 0 Å². The van der Waals surface area contributed by atoms with Gasteiger partial charge in [-0.1, -0.05) is 38.1 Å². The number of hydrogen-bond donors (Lipinski definition) is 1. The number of nitrogens with zero attached hydrogens (tertiary/aromatic N) is 1. The van der Waals surface area contributed by atoms with Gasteiger partial charge in [0.15, 0.2) is 0 Å². The molecule has 1 heterocycles. The molecule has 20 heavy (non-hydrogen) atoms. The minimum Gasteiger partial charge on any atom is -0.481 e. The molecule has 1 atom stereocenters. The van der Waals surface area contributed by atoms with E-state index in [4.69, 9.17) is 5.11 Å². The Balaban J connectivity index is 2.10. The van der Waals surface area contributed by atoms with E-state index in [1.807, 2.05) is 29.2 Å². The van der Waals surface area contributed by atoms with Crippen LogP contribution in [0, 0.1) is 11.8 Å². The second kappa shape index (κ2) is 6.07. The largest absolute Gasteiger partial charge is 0.481 e. The Morgan fingerprint density at radius 1 is 1.35 bits per heavy atom. The molecule has 0 saturated carbocycles. The summed E-state index contributed by atoms with van der Waals surface area (Å²) in [6.07, 6.45) is 0.616. The molecule has 0 aliphatic carbocycles. The van der Waals surface area contributed by atoms with Crippen LogP contribution in [-0.2, 0) is 22.6 Å². The molecule has 0 aromatic heterocycles. The summed E-state index contributed by atoms with van der Waals surface area (Å²) in [6, 6.07) is 7.46. The molecule has 1 aliphatic heterocycles. The van der Waals surface area contributed by atoms with Crippen molar-refractivity contribution in [3.05, 3.63) is 35.4 Å². The van der Waals surface area contributed by atoms with Crippen molar-refractivity contribution < 1.29 is 14.7 Å². The molecule has 1 amide bonds. The van der Waals surface area contributed by atoms with Crippen LogP contribution in [0.5, 0.6) is 0 Å². The first-order valence-corrected chi connectivity index (χ1v) is 7.03. The molecule has 1 aliphatic rings. The maximum Gasteiger partial charge on any atom is 0.307 e. The normalized spacial score (nSPS) is 18.9. The molecule has 1 fully saturated rings. The van der Waals surface area contributed by atoms with Crippen LogP contribution in [0.25, 0.3) is 0 Å². The van der Waals surface area contributed by atoms with Crippen molar-refractivity contribution >= 4 is 11.9 Å². The van der Waals surface area contributed by atoms with Gasteiger partial charge in [0.05, 0.1) is 6.42 Å². The third kappa shape index (κ3) is 3.38. The summed E-state index contributed by atoms with van der Waals surface area (Å²) < 4.78 is 0. The lowest BCUT2D eigenvalue weighted by Crippen LogP contribution is -2.26. The molecule has 2 rings (SSSR count). The zero-order chi connectivity index (χ0) is 14.7. The van der Waals surface area contributed by atoms with Crippen molar-refractivity contribution in [2.75, 3.05) is 6.54 Å². The highest BCUT2D eigenvalue weighted by molar-refractivity contribution is 5.78. The van der Waals surface area contributed by atoms with Gasteiger partial charge in [-0.05, 0) is 23.0 Å². The molecule has 1 aromatic carbocycles. The van der Waals surface area contributed by atoms with E-state index in [1.165, 1.54) is 0 Å².